The van der Waals surface area contributed by atoms with Gasteiger partial charge in [-0.15, -0.1) is 11.8 Å². The van der Waals surface area contributed by atoms with Gasteiger partial charge in [-0.2, -0.15) is 0 Å². The van der Waals surface area contributed by atoms with Gasteiger partial charge in [-0.1, -0.05) is 72.8 Å². The van der Waals surface area contributed by atoms with Gasteiger partial charge >= 0.3 is 0 Å². The molecule has 0 aliphatic rings. The second-order valence-electron chi connectivity index (χ2n) is 6.53. The van der Waals surface area contributed by atoms with E-state index in [0.29, 0.717) is 16.0 Å². The van der Waals surface area contributed by atoms with E-state index < -0.39 is 0 Å². The third-order valence-corrected chi connectivity index (χ3v) is 5.49. The molecule has 0 unspecified atom stereocenters. The molecule has 0 amide bonds. The summed E-state index contributed by atoms with van der Waals surface area (Å²) in [5.74, 6) is -0.295. The third-order valence-electron chi connectivity index (χ3n) is 4.75. The normalized spacial score (nSPS) is 11.7. The number of rotatable bonds is 5. The van der Waals surface area contributed by atoms with E-state index in [9.17, 15) is 9.59 Å². The Balaban J connectivity index is 1.66. The first-order valence-corrected chi connectivity index (χ1v) is 10.2. The second-order valence-corrected chi connectivity index (χ2v) is 7.38. The summed E-state index contributed by atoms with van der Waals surface area (Å²) in [6, 6.07) is 27.1. The summed E-state index contributed by atoms with van der Waals surface area (Å²) in [5, 5.41) is 4.18. The van der Waals surface area contributed by atoms with E-state index in [1.807, 2.05) is 85.1 Å². The van der Waals surface area contributed by atoms with Crippen LogP contribution in [-0.2, 0) is 0 Å². The highest BCUT2D eigenvalue weighted by molar-refractivity contribution is 8.03. The summed E-state index contributed by atoms with van der Waals surface area (Å²) < 4.78 is 0. The Morgan fingerprint density at radius 3 is 1.75 bits per heavy atom. The first-order valence-electron chi connectivity index (χ1n) is 8.98. The number of carbonyl (C=O) groups excluding carboxylic acids is 2. The van der Waals surface area contributed by atoms with Gasteiger partial charge in [0, 0.05) is 17.2 Å². The van der Waals surface area contributed by atoms with Crippen LogP contribution in [0.4, 0.5) is 0 Å². The highest BCUT2D eigenvalue weighted by Gasteiger charge is 2.15. The summed E-state index contributed by atoms with van der Waals surface area (Å²) >= 11 is 1.30. The maximum Gasteiger partial charge on any atom is 0.199 e. The summed E-state index contributed by atoms with van der Waals surface area (Å²) in [6.07, 6.45) is 3.27. The molecule has 0 spiro atoms. The zero-order chi connectivity index (χ0) is 19.5. The van der Waals surface area contributed by atoms with Gasteiger partial charge < -0.3 is 0 Å². The molecule has 2 nitrogen and oxygen atoms in total. The summed E-state index contributed by atoms with van der Waals surface area (Å²) in [7, 11) is 0. The molecular weight excluding hydrogens is 364 g/mol. The van der Waals surface area contributed by atoms with Crippen LogP contribution in [0.2, 0.25) is 0 Å². The lowest BCUT2D eigenvalue weighted by atomic mass is 10.0. The number of allylic oxidation sites excluding steroid dienone is 2. The first kappa shape index (κ1) is 18.2. The van der Waals surface area contributed by atoms with Crippen molar-refractivity contribution in [2.45, 2.75) is 0 Å². The molecule has 0 N–H and O–H groups in total. The van der Waals surface area contributed by atoms with Crippen molar-refractivity contribution in [1.82, 2.24) is 0 Å². The van der Waals surface area contributed by atoms with Crippen molar-refractivity contribution >= 4 is 44.9 Å². The van der Waals surface area contributed by atoms with E-state index in [0.717, 1.165) is 21.5 Å². The molecule has 0 atom stereocenters. The molecule has 136 valence electrons. The van der Waals surface area contributed by atoms with Gasteiger partial charge in [0.25, 0.3) is 0 Å². The Morgan fingerprint density at radius 2 is 1.18 bits per heavy atom. The smallest absolute Gasteiger partial charge is 0.199 e. The molecule has 0 aromatic heterocycles. The molecule has 28 heavy (non-hydrogen) atoms. The van der Waals surface area contributed by atoms with Crippen LogP contribution in [0.5, 0.6) is 0 Å². The second kappa shape index (κ2) is 7.83. The molecule has 4 aromatic carbocycles. The Hall–Kier alpha value is -3.17. The van der Waals surface area contributed by atoms with Gasteiger partial charge in [-0.25, -0.2) is 0 Å². The average Bonchev–Trinajstić information content (AvgIpc) is 2.76. The van der Waals surface area contributed by atoms with Crippen molar-refractivity contribution in [3.05, 3.63) is 107 Å². The molecule has 0 fully saturated rings. The van der Waals surface area contributed by atoms with Gasteiger partial charge in [0.05, 0.1) is 4.91 Å². The van der Waals surface area contributed by atoms with Crippen molar-refractivity contribution in [3.63, 3.8) is 0 Å². The Kier molecular flexibility index (Phi) is 5.09. The van der Waals surface area contributed by atoms with E-state index in [4.69, 9.17) is 0 Å². The minimum atomic E-state index is -0.163. The highest BCUT2D eigenvalue weighted by Crippen LogP contribution is 2.23. The van der Waals surface area contributed by atoms with E-state index in [-0.39, 0.29) is 11.6 Å². The standard InChI is InChI=1S/C25H18O2S/c1-28-24(25(27)22-13-11-18-7-3-5-9-20(18)15-22)16-23(26)21-12-10-17-6-2-4-8-19(17)14-21/h2-16H,1H3/b24-16-. The summed E-state index contributed by atoms with van der Waals surface area (Å²) in [6.45, 7) is 0. The largest absolute Gasteiger partial charge is 0.289 e. The Bertz CT molecular complexity index is 1240. The fraction of sp³-hybridized carbons (Fsp3) is 0.0400. The van der Waals surface area contributed by atoms with Crippen LogP contribution in [-0.4, -0.2) is 17.8 Å². The van der Waals surface area contributed by atoms with Crippen molar-refractivity contribution < 1.29 is 9.59 Å². The monoisotopic (exact) mass is 382 g/mol. The van der Waals surface area contributed by atoms with Crippen molar-refractivity contribution in [3.8, 4) is 0 Å². The van der Waals surface area contributed by atoms with E-state index in [1.54, 1.807) is 6.07 Å². The van der Waals surface area contributed by atoms with Crippen LogP contribution in [0.3, 0.4) is 0 Å². The predicted octanol–water partition coefficient (Wildman–Crippen LogP) is 6.31. The van der Waals surface area contributed by atoms with Gasteiger partial charge in [0.15, 0.2) is 11.6 Å². The summed E-state index contributed by atoms with van der Waals surface area (Å²) in [5.41, 5.74) is 1.17. The van der Waals surface area contributed by atoms with Gasteiger partial charge in [0.1, 0.15) is 0 Å². The number of thioether (sulfide) groups is 1. The minimum absolute atomic E-state index is 0.132. The quantitative estimate of drug-likeness (QED) is 0.300. The lowest BCUT2D eigenvalue weighted by Gasteiger charge is -2.06. The SMILES string of the molecule is CS/C(=C\C(=O)c1ccc2ccccc2c1)C(=O)c1ccc2ccccc2c1. The molecule has 0 aliphatic heterocycles. The molecule has 4 aromatic rings. The number of ketones is 2. The highest BCUT2D eigenvalue weighted by atomic mass is 32.2. The van der Waals surface area contributed by atoms with Gasteiger partial charge in [0.2, 0.25) is 0 Å². The van der Waals surface area contributed by atoms with Crippen molar-refractivity contribution in [2.75, 3.05) is 6.26 Å². The molecule has 3 heteroatoms. The molecule has 0 saturated heterocycles. The minimum Gasteiger partial charge on any atom is -0.289 e. The first-order chi connectivity index (χ1) is 13.7. The molecule has 0 saturated carbocycles. The molecular formula is C25H18O2S. The van der Waals surface area contributed by atoms with E-state index in [1.165, 1.54) is 17.8 Å². The lowest BCUT2D eigenvalue weighted by Crippen LogP contribution is -2.04. The zero-order valence-electron chi connectivity index (χ0n) is 15.4. The molecule has 0 aliphatic carbocycles. The van der Waals surface area contributed by atoms with E-state index in [2.05, 4.69) is 0 Å². The fourth-order valence-electron chi connectivity index (χ4n) is 3.23. The molecule has 0 bridgehead atoms. The Morgan fingerprint density at radius 1 is 0.679 bits per heavy atom. The van der Waals surface area contributed by atoms with E-state index >= 15 is 0 Å². The Labute approximate surface area is 167 Å². The van der Waals surface area contributed by atoms with Crippen LogP contribution >= 0.6 is 11.8 Å². The topological polar surface area (TPSA) is 34.1 Å². The molecule has 0 heterocycles. The van der Waals surface area contributed by atoms with Crippen molar-refractivity contribution in [1.29, 1.82) is 0 Å². The zero-order valence-corrected chi connectivity index (χ0v) is 16.2. The molecule has 0 radical (unpaired) electrons. The number of hydrogen-bond acceptors (Lipinski definition) is 3. The van der Waals surface area contributed by atoms with Crippen LogP contribution in [0, 0.1) is 0 Å². The number of benzene rings is 4. The molecule has 4 rings (SSSR count). The predicted molar refractivity (Wildman–Crippen MR) is 118 cm³/mol. The maximum atomic E-state index is 13.0. The summed E-state index contributed by atoms with van der Waals surface area (Å²) in [4.78, 5) is 26.2. The fourth-order valence-corrected chi connectivity index (χ4v) is 3.76. The third kappa shape index (κ3) is 3.62. The van der Waals surface area contributed by atoms with Crippen LogP contribution in [0.1, 0.15) is 20.7 Å². The maximum absolute atomic E-state index is 13.0. The van der Waals surface area contributed by atoms with Crippen LogP contribution in [0.15, 0.2) is 95.9 Å². The van der Waals surface area contributed by atoms with Gasteiger partial charge in [-0.05, 0) is 39.9 Å². The van der Waals surface area contributed by atoms with Crippen LogP contribution in [0.25, 0.3) is 21.5 Å². The van der Waals surface area contributed by atoms with Crippen LogP contribution < -0.4 is 0 Å². The average molecular weight is 382 g/mol. The number of hydrogen-bond donors (Lipinski definition) is 0. The number of Topliss-reactive ketones (excluding diaryl/α,β-unsaturated/α-hetero) is 1. The number of carbonyl (C=O) groups is 2. The van der Waals surface area contributed by atoms with Gasteiger partial charge in [-0.3, -0.25) is 9.59 Å². The lowest BCUT2D eigenvalue weighted by molar-refractivity contribution is 0.101. The van der Waals surface area contributed by atoms with Crippen molar-refractivity contribution in [2.24, 2.45) is 0 Å². The number of fused-ring (bicyclic) bond motifs is 2.